The maximum absolute atomic E-state index is 9.08. The van der Waals surface area contributed by atoms with Crippen LogP contribution in [0.2, 0.25) is 5.02 Å². The zero-order chi connectivity index (χ0) is 14.1. The number of halogens is 1. The lowest BCUT2D eigenvalue weighted by atomic mass is 9.99. The van der Waals surface area contributed by atoms with Crippen molar-refractivity contribution in [3.63, 3.8) is 0 Å². The molecule has 1 fully saturated rings. The first kappa shape index (κ1) is 13.4. The molecule has 2 aromatic rings. The van der Waals surface area contributed by atoms with Crippen molar-refractivity contribution in [2.24, 2.45) is 13.0 Å². The molecule has 0 aliphatic carbocycles. The number of nitrogens with zero attached hydrogens (tertiary/aromatic N) is 4. The normalized spacial score (nSPS) is 20.1. The van der Waals surface area contributed by atoms with E-state index in [2.05, 4.69) is 16.1 Å². The molecule has 20 heavy (non-hydrogen) atoms. The van der Waals surface area contributed by atoms with Crippen LogP contribution < -0.4 is 0 Å². The molecule has 0 spiro atoms. The predicted molar refractivity (Wildman–Crippen MR) is 79.3 cm³/mol. The Bertz CT molecular complexity index is 670. The number of fused-ring (bicyclic) bond motifs is 1. The van der Waals surface area contributed by atoms with Crippen molar-refractivity contribution in [3.8, 4) is 6.07 Å². The minimum atomic E-state index is 0.147. The maximum Gasteiger partial charge on any atom is 0.0858 e. The number of benzene rings is 1. The van der Waals surface area contributed by atoms with Crippen LogP contribution in [0.25, 0.3) is 10.9 Å². The van der Waals surface area contributed by atoms with Crippen molar-refractivity contribution in [2.75, 3.05) is 13.1 Å². The average Bonchev–Trinajstić information content (AvgIpc) is 2.77. The topological polar surface area (TPSA) is 44.9 Å². The van der Waals surface area contributed by atoms with Crippen molar-refractivity contribution in [3.05, 3.63) is 28.9 Å². The van der Waals surface area contributed by atoms with Gasteiger partial charge >= 0.3 is 0 Å². The van der Waals surface area contributed by atoms with Gasteiger partial charge in [0.15, 0.2) is 0 Å². The Hall–Kier alpha value is -1.57. The third-order valence-electron chi connectivity index (χ3n) is 3.96. The van der Waals surface area contributed by atoms with E-state index >= 15 is 0 Å². The maximum atomic E-state index is 9.08. The van der Waals surface area contributed by atoms with Crippen LogP contribution >= 0.6 is 11.6 Å². The summed E-state index contributed by atoms with van der Waals surface area (Å²) in [6.07, 6.45) is 2.09. The summed E-state index contributed by atoms with van der Waals surface area (Å²) in [5, 5.41) is 15.5. The first-order valence-electron chi connectivity index (χ1n) is 6.91. The number of aromatic nitrogens is 2. The Kier molecular flexibility index (Phi) is 3.64. The molecule has 0 radical (unpaired) electrons. The molecule has 1 aliphatic heterocycles. The van der Waals surface area contributed by atoms with Crippen LogP contribution in [-0.2, 0) is 13.6 Å². The van der Waals surface area contributed by atoms with Crippen molar-refractivity contribution in [1.82, 2.24) is 14.7 Å². The summed E-state index contributed by atoms with van der Waals surface area (Å²) in [5.74, 6) is 0.147. The number of hydrogen-bond donors (Lipinski definition) is 0. The third kappa shape index (κ3) is 2.39. The summed E-state index contributed by atoms with van der Waals surface area (Å²) in [5.41, 5.74) is 2.06. The first-order chi connectivity index (χ1) is 9.69. The molecular weight excluding hydrogens is 272 g/mol. The monoisotopic (exact) mass is 288 g/mol. The highest BCUT2D eigenvalue weighted by atomic mass is 35.5. The molecule has 0 unspecified atom stereocenters. The number of piperidine rings is 1. The van der Waals surface area contributed by atoms with Crippen molar-refractivity contribution in [1.29, 1.82) is 5.26 Å². The molecule has 5 heteroatoms. The van der Waals surface area contributed by atoms with Gasteiger partial charge in [0.25, 0.3) is 0 Å². The van der Waals surface area contributed by atoms with Crippen LogP contribution in [0.1, 0.15) is 18.5 Å². The van der Waals surface area contributed by atoms with Gasteiger partial charge in [-0.2, -0.15) is 10.4 Å². The average molecular weight is 289 g/mol. The van der Waals surface area contributed by atoms with Gasteiger partial charge in [-0.05, 0) is 31.5 Å². The summed E-state index contributed by atoms with van der Waals surface area (Å²) < 4.78 is 1.88. The van der Waals surface area contributed by atoms with E-state index in [4.69, 9.17) is 16.9 Å². The minimum Gasteiger partial charge on any atom is -0.296 e. The molecule has 1 saturated heterocycles. The molecule has 104 valence electrons. The van der Waals surface area contributed by atoms with E-state index in [9.17, 15) is 0 Å². The van der Waals surface area contributed by atoms with Gasteiger partial charge in [0.05, 0.1) is 28.2 Å². The van der Waals surface area contributed by atoms with E-state index < -0.39 is 0 Å². The lowest BCUT2D eigenvalue weighted by Crippen LogP contribution is -2.34. The Labute approximate surface area is 123 Å². The number of nitriles is 1. The molecule has 3 rings (SSSR count). The van der Waals surface area contributed by atoms with Crippen LogP contribution in [0, 0.1) is 17.2 Å². The molecule has 1 atom stereocenters. The zero-order valence-electron chi connectivity index (χ0n) is 11.5. The Morgan fingerprint density at radius 1 is 1.50 bits per heavy atom. The van der Waals surface area contributed by atoms with Crippen LogP contribution in [-0.4, -0.2) is 27.8 Å². The molecule has 0 bridgehead atoms. The largest absolute Gasteiger partial charge is 0.296 e. The van der Waals surface area contributed by atoms with Gasteiger partial charge in [-0.15, -0.1) is 0 Å². The summed E-state index contributed by atoms with van der Waals surface area (Å²) in [7, 11) is 1.94. The van der Waals surface area contributed by atoms with Crippen LogP contribution in [0.5, 0.6) is 0 Å². The second-order valence-electron chi connectivity index (χ2n) is 5.41. The van der Waals surface area contributed by atoms with Gasteiger partial charge in [0.2, 0.25) is 0 Å². The lowest BCUT2D eigenvalue weighted by molar-refractivity contribution is 0.190. The first-order valence-corrected chi connectivity index (χ1v) is 7.29. The number of aryl methyl sites for hydroxylation is 1. The number of likely N-dealkylation sites (tertiary alicyclic amines) is 1. The Morgan fingerprint density at radius 2 is 2.35 bits per heavy atom. The fourth-order valence-corrected chi connectivity index (χ4v) is 3.26. The van der Waals surface area contributed by atoms with Crippen LogP contribution in [0.3, 0.4) is 0 Å². The Balaban J connectivity index is 1.90. The van der Waals surface area contributed by atoms with E-state index in [1.165, 1.54) is 0 Å². The number of rotatable bonds is 2. The highest BCUT2D eigenvalue weighted by Crippen LogP contribution is 2.28. The highest BCUT2D eigenvalue weighted by Gasteiger charge is 2.21. The summed E-state index contributed by atoms with van der Waals surface area (Å²) >= 11 is 6.32. The SMILES string of the molecule is Cn1nc(CN2CCC[C@@H](C#N)C2)c2c(Cl)cccc21. The summed E-state index contributed by atoms with van der Waals surface area (Å²) in [4.78, 5) is 2.31. The van der Waals surface area contributed by atoms with Crippen molar-refractivity contribution >= 4 is 22.5 Å². The van der Waals surface area contributed by atoms with E-state index in [0.717, 1.165) is 54.1 Å². The molecule has 0 saturated carbocycles. The fourth-order valence-electron chi connectivity index (χ4n) is 2.98. The molecular formula is C15H17ClN4. The van der Waals surface area contributed by atoms with Crippen LogP contribution in [0.4, 0.5) is 0 Å². The van der Waals surface area contributed by atoms with Crippen molar-refractivity contribution in [2.45, 2.75) is 19.4 Å². The summed E-state index contributed by atoms with van der Waals surface area (Å²) in [6, 6.07) is 8.27. The van der Waals surface area contributed by atoms with Gasteiger partial charge in [-0.3, -0.25) is 9.58 Å². The molecule has 1 aromatic heterocycles. The van der Waals surface area contributed by atoms with Gasteiger partial charge in [-0.25, -0.2) is 0 Å². The standard InChI is InChI=1S/C15H17ClN4/c1-19-14-6-2-5-12(16)15(14)13(18-19)10-20-7-3-4-11(8-17)9-20/h2,5-6,11H,3-4,7,9-10H2,1H3/t11-/m0/s1. The number of hydrogen-bond acceptors (Lipinski definition) is 3. The third-order valence-corrected chi connectivity index (χ3v) is 4.28. The summed E-state index contributed by atoms with van der Waals surface area (Å²) in [6.45, 7) is 2.62. The van der Waals surface area contributed by atoms with Gasteiger partial charge < -0.3 is 0 Å². The molecule has 2 heterocycles. The quantitative estimate of drug-likeness (QED) is 0.853. The molecule has 1 aliphatic rings. The van der Waals surface area contributed by atoms with Gasteiger partial charge in [-0.1, -0.05) is 17.7 Å². The van der Waals surface area contributed by atoms with E-state index in [-0.39, 0.29) is 5.92 Å². The van der Waals surface area contributed by atoms with E-state index in [0.29, 0.717) is 0 Å². The highest BCUT2D eigenvalue weighted by molar-refractivity contribution is 6.35. The van der Waals surface area contributed by atoms with Crippen molar-refractivity contribution < 1.29 is 0 Å². The molecule has 1 aromatic carbocycles. The van der Waals surface area contributed by atoms with E-state index in [1.807, 2.05) is 29.9 Å². The van der Waals surface area contributed by atoms with Gasteiger partial charge in [0, 0.05) is 25.5 Å². The predicted octanol–water partition coefficient (Wildman–Crippen LogP) is 2.96. The minimum absolute atomic E-state index is 0.147. The molecule has 0 amide bonds. The van der Waals surface area contributed by atoms with Gasteiger partial charge in [0.1, 0.15) is 0 Å². The molecule has 0 N–H and O–H groups in total. The smallest absolute Gasteiger partial charge is 0.0858 e. The lowest BCUT2D eigenvalue weighted by Gasteiger charge is -2.28. The second-order valence-corrected chi connectivity index (χ2v) is 5.81. The van der Waals surface area contributed by atoms with Crippen LogP contribution in [0.15, 0.2) is 18.2 Å². The fraction of sp³-hybridized carbons (Fsp3) is 0.467. The second kappa shape index (κ2) is 5.43. The Morgan fingerprint density at radius 3 is 3.15 bits per heavy atom. The van der Waals surface area contributed by atoms with E-state index in [1.54, 1.807) is 0 Å². The zero-order valence-corrected chi connectivity index (χ0v) is 12.3. The molecule has 4 nitrogen and oxygen atoms in total.